The van der Waals surface area contributed by atoms with Gasteiger partial charge in [-0.25, -0.2) is 9.97 Å². The monoisotopic (exact) mass is 408 g/mol. The van der Waals surface area contributed by atoms with Gasteiger partial charge in [0.05, 0.1) is 0 Å². The zero-order chi connectivity index (χ0) is 21.0. The van der Waals surface area contributed by atoms with E-state index in [4.69, 9.17) is 4.74 Å². The number of alkyl halides is 3. The molecule has 2 aromatic rings. The van der Waals surface area contributed by atoms with Gasteiger partial charge >= 0.3 is 6.18 Å². The Kier molecular flexibility index (Phi) is 6.24. The number of benzene rings is 1. The van der Waals surface area contributed by atoms with Crippen LogP contribution in [0, 0.1) is 6.92 Å². The highest BCUT2D eigenvalue weighted by Gasteiger charge is 2.34. The maximum Gasteiger partial charge on any atom is 0.433 e. The predicted molar refractivity (Wildman–Crippen MR) is 102 cm³/mol. The summed E-state index contributed by atoms with van der Waals surface area (Å²) in [6, 6.07) is 9.99. The zero-order valence-electron chi connectivity index (χ0n) is 16.2. The molecule has 0 bridgehead atoms. The van der Waals surface area contributed by atoms with Crippen LogP contribution in [0.1, 0.15) is 31.3 Å². The smallest absolute Gasteiger partial charge is 0.433 e. The standard InChI is InChI=1S/C20H23F3N4O2/c1-13(29-16-6-4-3-5-7-16)19(28)26-15-8-10-27(11-9-15)18-12-17(20(21,22)23)24-14(2)25-18/h3-7,12-13,15H,8-11H2,1-2H3,(H,26,28)/t13-/m1/s1. The Morgan fingerprint density at radius 1 is 1.21 bits per heavy atom. The third-order valence-electron chi connectivity index (χ3n) is 4.71. The molecule has 9 heteroatoms. The maximum absolute atomic E-state index is 13.0. The number of rotatable bonds is 5. The van der Waals surface area contributed by atoms with Crippen molar-refractivity contribution < 1.29 is 22.7 Å². The van der Waals surface area contributed by atoms with Crippen molar-refractivity contribution in [3.05, 3.63) is 47.9 Å². The Hall–Kier alpha value is -2.84. The SMILES string of the molecule is Cc1nc(N2CCC(NC(=O)[C@@H](C)Oc3ccccc3)CC2)cc(C(F)(F)F)n1. The minimum atomic E-state index is -4.51. The molecule has 0 spiro atoms. The number of anilines is 1. The van der Waals surface area contributed by atoms with E-state index < -0.39 is 18.0 Å². The molecule has 1 aromatic heterocycles. The Balaban J connectivity index is 1.54. The van der Waals surface area contributed by atoms with E-state index in [0.717, 1.165) is 6.07 Å². The van der Waals surface area contributed by atoms with Gasteiger partial charge in [-0.2, -0.15) is 13.2 Å². The molecule has 156 valence electrons. The van der Waals surface area contributed by atoms with Gasteiger partial charge < -0.3 is 15.0 Å². The van der Waals surface area contributed by atoms with E-state index in [0.29, 0.717) is 31.7 Å². The van der Waals surface area contributed by atoms with E-state index in [9.17, 15) is 18.0 Å². The fourth-order valence-electron chi connectivity index (χ4n) is 3.19. The first-order valence-electron chi connectivity index (χ1n) is 9.42. The highest BCUT2D eigenvalue weighted by atomic mass is 19.4. The summed E-state index contributed by atoms with van der Waals surface area (Å²) in [4.78, 5) is 21.8. The van der Waals surface area contributed by atoms with Crippen molar-refractivity contribution in [1.82, 2.24) is 15.3 Å². The molecule has 0 radical (unpaired) electrons. The number of aryl methyl sites for hydroxylation is 1. The van der Waals surface area contributed by atoms with Gasteiger partial charge in [0.1, 0.15) is 23.1 Å². The molecule has 1 fully saturated rings. The van der Waals surface area contributed by atoms with Crippen LogP contribution in [0.3, 0.4) is 0 Å². The quantitative estimate of drug-likeness (QED) is 0.822. The number of para-hydroxylation sites is 1. The first kappa shape index (κ1) is 20.9. The van der Waals surface area contributed by atoms with Gasteiger partial charge in [-0.15, -0.1) is 0 Å². The third kappa shape index (κ3) is 5.58. The summed E-state index contributed by atoms with van der Waals surface area (Å²) in [5.74, 6) is 0.738. The van der Waals surface area contributed by atoms with Gasteiger partial charge in [-0.05, 0) is 38.8 Å². The molecule has 6 nitrogen and oxygen atoms in total. The third-order valence-corrected chi connectivity index (χ3v) is 4.71. The van der Waals surface area contributed by atoms with Crippen LogP contribution >= 0.6 is 0 Å². The molecule has 1 aliphatic heterocycles. The molecular weight excluding hydrogens is 385 g/mol. The highest BCUT2D eigenvalue weighted by molar-refractivity contribution is 5.81. The van der Waals surface area contributed by atoms with E-state index in [1.54, 1.807) is 24.0 Å². The van der Waals surface area contributed by atoms with E-state index in [-0.39, 0.29) is 23.6 Å². The number of piperidine rings is 1. The summed E-state index contributed by atoms with van der Waals surface area (Å²) in [5.41, 5.74) is -0.942. The van der Waals surface area contributed by atoms with Gasteiger partial charge in [-0.3, -0.25) is 4.79 Å². The van der Waals surface area contributed by atoms with Gasteiger partial charge in [0.2, 0.25) is 0 Å². The van der Waals surface area contributed by atoms with Gasteiger partial charge in [0.15, 0.2) is 6.10 Å². The maximum atomic E-state index is 13.0. The van der Waals surface area contributed by atoms with Crippen LogP contribution in [0.25, 0.3) is 0 Å². The minimum absolute atomic E-state index is 0.0643. The van der Waals surface area contributed by atoms with Crippen LogP contribution in [0.15, 0.2) is 36.4 Å². The molecule has 29 heavy (non-hydrogen) atoms. The van der Waals surface area contributed by atoms with E-state index in [2.05, 4.69) is 15.3 Å². The highest BCUT2D eigenvalue weighted by Crippen LogP contribution is 2.30. The number of hydrogen-bond donors (Lipinski definition) is 1. The minimum Gasteiger partial charge on any atom is -0.481 e. The number of halogens is 3. The van der Waals surface area contributed by atoms with Crippen molar-refractivity contribution in [2.45, 2.75) is 45.0 Å². The number of aromatic nitrogens is 2. The van der Waals surface area contributed by atoms with E-state index in [1.807, 2.05) is 18.2 Å². The van der Waals surface area contributed by atoms with Gasteiger partial charge in [0, 0.05) is 25.2 Å². The summed E-state index contributed by atoms with van der Waals surface area (Å²) in [5, 5.41) is 2.95. The summed E-state index contributed by atoms with van der Waals surface area (Å²) >= 11 is 0. The fraction of sp³-hybridized carbons (Fsp3) is 0.450. The lowest BCUT2D eigenvalue weighted by molar-refractivity contribution is -0.141. The first-order chi connectivity index (χ1) is 13.7. The molecule has 1 amide bonds. The van der Waals surface area contributed by atoms with Crippen molar-refractivity contribution in [2.75, 3.05) is 18.0 Å². The van der Waals surface area contributed by atoms with Gasteiger partial charge in [0.25, 0.3) is 5.91 Å². The first-order valence-corrected chi connectivity index (χ1v) is 9.42. The second-order valence-electron chi connectivity index (χ2n) is 7.00. The summed E-state index contributed by atoms with van der Waals surface area (Å²) < 4.78 is 44.6. The van der Waals surface area contributed by atoms with Gasteiger partial charge in [-0.1, -0.05) is 18.2 Å². The van der Waals surface area contributed by atoms with Crippen molar-refractivity contribution in [1.29, 1.82) is 0 Å². The van der Waals surface area contributed by atoms with Crippen molar-refractivity contribution >= 4 is 11.7 Å². The van der Waals surface area contributed by atoms with Crippen molar-refractivity contribution in [3.8, 4) is 5.75 Å². The number of amides is 1. The molecular formula is C20H23F3N4O2. The molecule has 1 N–H and O–H groups in total. The van der Waals surface area contributed by atoms with Crippen molar-refractivity contribution in [2.24, 2.45) is 0 Å². The van der Waals surface area contributed by atoms with Crippen LogP contribution < -0.4 is 15.0 Å². The largest absolute Gasteiger partial charge is 0.481 e. The molecule has 3 rings (SSSR count). The molecule has 1 atom stereocenters. The van der Waals surface area contributed by atoms with Crippen molar-refractivity contribution in [3.63, 3.8) is 0 Å². The lowest BCUT2D eigenvalue weighted by Crippen LogP contribution is -2.48. The topological polar surface area (TPSA) is 67.4 Å². The predicted octanol–water partition coefficient (Wildman–Crippen LogP) is 3.36. The Bertz CT molecular complexity index is 837. The second-order valence-corrected chi connectivity index (χ2v) is 7.00. The summed E-state index contributed by atoms with van der Waals surface area (Å²) in [6.07, 6.45) is -3.94. The average molecular weight is 408 g/mol. The molecule has 0 saturated carbocycles. The Morgan fingerprint density at radius 3 is 2.48 bits per heavy atom. The zero-order valence-corrected chi connectivity index (χ0v) is 16.2. The number of carbonyl (C=O) groups excluding carboxylic acids is 1. The normalized spacial score (nSPS) is 16.4. The molecule has 1 aromatic carbocycles. The van der Waals surface area contributed by atoms with E-state index >= 15 is 0 Å². The number of nitrogens with zero attached hydrogens (tertiary/aromatic N) is 3. The number of carbonyl (C=O) groups is 1. The summed E-state index contributed by atoms with van der Waals surface area (Å²) in [7, 11) is 0. The van der Waals surface area contributed by atoms with E-state index in [1.165, 1.54) is 6.92 Å². The number of ether oxygens (including phenoxy) is 1. The second kappa shape index (κ2) is 8.67. The lowest BCUT2D eigenvalue weighted by Gasteiger charge is -2.33. The van der Waals surface area contributed by atoms with Crippen LogP contribution in [0.2, 0.25) is 0 Å². The molecule has 2 heterocycles. The molecule has 1 saturated heterocycles. The fourth-order valence-corrected chi connectivity index (χ4v) is 3.19. The average Bonchev–Trinajstić information content (AvgIpc) is 2.68. The summed E-state index contributed by atoms with van der Waals surface area (Å²) in [6.45, 7) is 4.11. The number of nitrogens with one attached hydrogen (secondary N) is 1. The molecule has 0 unspecified atom stereocenters. The molecule has 1 aliphatic rings. The lowest BCUT2D eigenvalue weighted by atomic mass is 10.0. The number of hydrogen-bond acceptors (Lipinski definition) is 5. The molecule has 0 aliphatic carbocycles. The van der Waals surface area contributed by atoms with Crippen LogP contribution in [0.5, 0.6) is 5.75 Å². The van der Waals surface area contributed by atoms with Crippen LogP contribution in [-0.4, -0.2) is 41.1 Å². The Labute approximate surface area is 167 Å². The van der Waals surface area contributed by atoms with Crippen LogP contribution in [-0.2, 0) is 11.0 Å². The van der Waals surface area contributed by atoms with Crippen LogP contribution in [0.4, 0.5) is 19.0 Å². The Morgan fingerprint density at radius 2 is 1.86 bits per heavy atom.